The van der Waals surface area contributed by atoms with Crippen molar-refractivity contribution in [1.82, 2.24) is 4.98 Å². The molecule has 92 valence electrons. The summed E-state index contributed by atoms with van der Waals surface area (Å²) in [6, 6.07) is 1.56. The Hall–Kier alpha value is -1.79. The number of alkyl halides is 2. The van der Waals surface area contributed by atoms with Crippen LogP contribution < -0.4 is 9.88 Å². The summed E-state index contributed by atoms with van der Waals surface area (Å²) in [5.74, 6) is -0.540. The van der Waals surface area contributed by atoms with Gasteiger partial charge in [-0.15, -0.1) is 0 Å². The third kappa shape index (κ3) is 2.48. The lowest BCUT2D eigenvalue weighted by Gasteiger charge is -2.11. The number of aromatic nitrogens is 1. The maximum Gasteiger partial charge on any atom is 0.270 e. The van der Waals surface area contributed by atoms with Gasteiger partial charge in [0, 0.05) is 0 Å². The standard InChI is InChI=1S/C8H7F2N3O3S/c1-16-6-4(2-11)3-13-8(17(12,14)15)5(6)7(9)10/h3,7H,1H3,(H2,12,14,15). The van der Waals surface area contributed by atoms with Crippen LogP contribution in [0.3, 0.4) is 0 Å². The van der Waals surface area contributed by atoms with Crippen molar-refractivity contribution < 1.29 is 21.9 Å². The van der Waals surface area contributed by atoms with Crippen LogP contribution in [0, 0.1) is 11.3 Å². The Bertz CT molecular complexity index is 580. The van der Waals surface area contributed by atoms with E-state index in [-0.39, 0.29) is 5.56 Å². The summed E-state index contributed by atoms with van der Waals surface area (Å²) in [4.78, 5) is 3.26. The molecule has 17 heavy (non-hydrogen) atoms. The molecule has 6 nitrogen and oxygen atoms in total. The molecule has 0 aliphatic rings. The molecule has 0 fully saturated rings. The van der Waals surface area contributed by atoms with Crippen LogP contribution in [0.15, 0.2) is 11.2 Å². The number of methoxy groups -OCH3 is 1. The largest absolute Gasteiger partial charge is 0.495 e. The number of nitrogens with two attached hydrogens (primary N) is 1. The number of hydrogen-bond acceptors (Lipinski definition) is 5. The molecule has 0 bridgehead atoms. The summed E-state index contributed by atoms with van der Waals surface area (Å²) in [6.07, 6.45) is -2.37. The van der Waals surface area contributed by atoms with Gasteiger partial charge < -0.3 is 4.74 Å². The Morgan fingerprint density at radius 2 is 2.18 bits per heavy atom. The number of primary sulfonamides is 1. The molecule has 0 saturated carbocycles. The smallest absolute Gasteiger partial charge is 0.270 e. The van der Waals surface area contributed by atoms with Gasteiger partial charge >= 0.3 is 0 Å². The molecule has 2 N–H and O–H groups in total. The lowest BCUT2D eigenvalue weighted by Crippen LogP contribution is -2.18. The number of sulfonamides is 1. The molecule has 9 heteroatoms. The van der Waals surface area contributed by atoms with Crippen LogP contribution in [-0.4, -0.2) is 20.5 Å². The van der Waals surface area contributed by atoms with E-state index in [1.165, 1.54) is 0 Å². The lowest BCUT2D eigenvalue weighted by molar-refractivity contribution is 0.142. The van der Waals surface area contributed by atoms with Crippen molar-refractivity contribution in [2.24, 2.45) is 5.14 Å². The number of hydrogen-bond donors (Lipinski definition) is 1. The van der Waals surface area contributed by atoms with Gasteiger partial charge in [-0.05, 0) is 0 Å². The normalized spacial score (nSPS) is 11.3. The minimum atomic E-state index is -4.42. The fraction of sp³-hybridized carbons (Fsp3) is 0.250. The van der Waals surface area contributed by atoms with Crippen molar-refractivity contribution in [1.29, 1.82) is 5.26 Å². The first-order valence-electron chi connectivity index (χ1n) is 4.10. The van der Waals surface area contributed by atoms with Crippen molar-refractivity contribution >= 4 is 10.0 Å². The van der Waals surface area contributed by atoms with Crippen LogP contribution in [0.2, 0.25) is 0 Å². The fourth-order valence-electron chi connectivity index (χ4n) is 1.21. The van der Waals surface area contributed by atoms with Gasteiger partial charge in [0.1, 0.15) is 17.4 Å². The second-order valence-electron chi connectivity index (χ2n) is 2.88. The van der Waals surface area contributed by atoms with Gasteiger partial charge in [0.15, 0.2) is 5.03 Å². The van der Waals surface area contributed by atoms with Gasteiger partial charge in [-0.1, -0.05) is 0 Å². The third-order valence-corrected chi connectivity index (χ3v) is 2.71. The van der Waals surface area contributed by atoms with E-state index in [1.807, 2.05) is 0 Å². The Labute approximate surface area is 95.7 Å². The molecule has 0 radical (unpaired) electrons. The molecule has 0 unspecified atom stereocenters. The van der Waals surface area contributed by atoms with E-state index >= 15 is 0 Å². The number of rotatable bonds is 3. The fourth-order valence-corrected chi connectivity index (χ4v) is 1.90. The molecular weight excluding hydrogens is 256 g/mol. The van der Waals surface area contributed by atoms with E-state index in [9.17, 15) is 17.2 Å². The average Bonchev–Trinajstić information content (AvgIpc) is 2.25. The topological polar surface area (TPSA) is 106 Å². The Kier molecular flexibility index (Phi) is 3.59. The van der Waals surface area contributed by atoms with Crippen LogP contribution in [-0.2, 0) is 10.0 Å². The van der Waals surface area contributed by atoms with Crippen LogP contribution >= 0.6 is 0 Å². The van der Waals surface area contributed by atoms with E-state index in [1.54, 1.807) is 6.07 Å². The average molecular weight is 263 g/mol. The van der Waals surface area contributed by atoms with Crippen molar-refractivity contribution in [3.05, 3.63) is 17.3 Å². The maximum absolute atomic E-state index is 12.8. The minimum Gasteiger partial charge on any atom is -0.495 e. The predicted octanol–water partition coefficient (Wildman–Crippen LogP) is 0.547. The van der Waals surface area contributed by atoms with Crippen LogP contribution in [0.1, 0.15) is 17.6 Å². The summed E-state index contributed by atoms with van der Waals surface area (Å²) in [7, 11) is -3.38. The van der Waals surface area contributed by atoms with Gasteiger partial charge in [0.05, 0.1) is 18.9 Å². The summed E-state index contributed by atoms with van der Waals surface area (Å²) >= 11 is 0. The molecule has 1 rings (SSSR count). The first-order valence-corrected chi connectivity index (χ1v) is 5.65. The highest BCUT2D eigenvalue weighted by Gasteiger charge is 2.28. The number of ether oxygens (including phenoxy) is 1. The van der Waals surface area contributed by atoms with Gasteiger partial charge in [0.2, 0.25) is 0 Å². The summed E-state index contributed by atoms with van der Waals surface area (Å²) in [5, 5.41) is 12.4. The molecule has 0 amide bonds. The first-order chi connectivity index (χ1) is 7.82. The summed E-state index contributed by atoms with van der Waals surface area (Å²) < 4.78 is 52.3. The van der Waals surface area contributed by atoms with E-state index in [4.69, 9.17) is 10.4 Å². The highest BCUT2D eigenvalue weighted by Crippen LogP contribution is 2.35. The van der Waals surface area contributed by atoms with Crippen molar-refractivity contribution in [3.63, 3.8) is 0 Å². The second kappa shape index (κ2) is 4.60. The Morgan fingerprint density at radius 3 is 2.53 bits per heavy atom. The molecular formula is C8H7F2N3O3S. The van der Waals surface area contributed by atoms with Crippen molar-refractivity contribution in [2.45, 2.75) is 11.5 Å². The third-order valence-electron chi connectivity index (χ3n) is 1.84. The Balaban J connectivity index is 3.73. The zero-order chi connectivity index (χ0) is 13.2. The van der Waals surface area contributed by atoms with Gasteiger partial charge in [-0.2, -0.15) is 5.26 Å². The minimum absolute atomic E-state index is 0.296. The molecule has 1 heterocycles. The number of halogens is 2. The van der Waals surface area contributed by atoms with Crippen LogP contribution in [0.4, 0.5) is 8.78 Å². The van der Waals surface area contributed by atoms with E-state index in [0.717, 1.165) is 13.3 Å². The zero-order valence-electron chi connectivity index (χ0n) is 8.52. The van der Waals surface area contributed by atoms with E-state index in [2.05, 4.69) is 9.72 Å². The van der Waals surface area contributed by atoms with Crippen molar-refractivity contribution in [2.75, 3.05) is 7.11 Å². The number of pyridine rings is 1. The molecule has 0 spiro atoms. The predicted molar refractivity (Wildman–Crippen MR) is 51.8 cm³/mol. The Morgan fingerprint density at radius 1 is 1.59 bits per heavy atom. The van der Waals surface area contributed by atoms with Crippen LogP contribution in [0.5, 0.6) is 5.75 Å². The van der Waals surface area contributed by atoms with E-state index < -0.39 is 32.8 Å². The molecule has 0 aliphatic carbocycles. The zero-order valence-corrected chi connectivity index (χ0v) is 9.33. The number of nitriles is 1. The van der Waals surface area contributed by atoms with Gasteiger partial charge in [-0.3, -0.25) is 0 Å². The molecule has 0 aliphatic heterocycles. The second-order valence-corrected chi connectivity index (χ2v) is 4.36. The molecule has 1 aromatic heterocycles. The van der Waals surface area contributed by atoms with Gasteiger partial charge in [0.25, 0.3) is 16.4 Å². The first kappa shape index (κ1) is 13.3. The summed E-state index contributed by atoms with van der Waals surface area (Å²) in [6.45, 7) is 0. The van der Waals surface area contributed by atoms with Crippen molar-refractivity contribution in [3.8, 4) is 11.8 Å². The number of nitrogens with zero attached hydrogens (tertiary/aromatic N) is 2. The van der Waals surface area contributed by atoms with Crippen LogP contribution in [0.25, 0.3) is 0 Å². The SMILES string of the molecule is COc1c(C#N)cnc(S(N)(=O)=O)c1C(F)F. The molecule has 0 aromatic carbocycles. The monoisotopic (exact) mass is 263 g/mol. The molecule has 0 saturated heterocycles. The highest BCUT2D eigenvalue weighted by atomic mass is 32.2. The summed E-state index contributed by atoms with van der Waals surface area (Å²) in [5.41, 5.74) is -1.30. The molecule has 0 atom stereocenters. The highest BCUT2D eigenvalue weighted by molar-refractivity contribution is 7.89. The van der Waals surface area contributed by atoms with Gasteiger partial charge in [-0.25, -0.2) is 27.3 Å². The quantitative estimate of drug-likeness (QED) is 0.856. The van der Waals surface area contributed by atoms with E-state index in [0.29, 0.717) is 0 Å². The lowest BCUT2D eigenvalue weighted by atomic mass is 10.2. The maximum atomic E-state index is 12.8. The molecule has 1 aromatic rings.